The predicted molar refractivity (Wildman–Crippen MR) is 369 cm³/mol. The van der Waals surface area contributed by atoms with Crippen molar-refractivity contribution in [3.63, 3.8) is 0 Å². The number of amides is 4. The third kappa shape index (κ3) is 21.6. The van der Waals surface area contributed by atoms with Gasteiger partial charge in [0.25, 0.3) is 0 Å². The van der Waals surface area contributed by atoms with E-state index in [1.165, 1.54) is 6.92 Å². The molecule has 10 rings (SSSR count). The topological polar surface area (TPSA) is 818 Å². The van der Waals surface area contributed by atoms with Crippen LogP contribution in [0.3, 0.4) is 0 Å². The summed E-state index contributed by atoms with van der Waals surface area (Å²) in [4.78, 5) is 51.4. The molecule has 0 spiro atoms. The summed E-state index contributed by atoms with van der Waals surface area (Å²) >= 11 is 0. The van der Waals surface area contributed by atoms with Crippen molar-refractivity contribution in [1.82, 2.24) is 21.3 Å². The monoisotopic (exact) mass is 1760 g/mol. The summed E-state index contributed by atoms with van der Waals surface area (Å²) in [5.74, 6) is -3.61. The molecule has 10 saturated heterocycles. The van der Waals surface area contributed by atoms with Crippen LogP contribution in [0, 0.1) is 0 Å². The molecule has 53 nitrogen and oxygen atoms in total. The molecule has 49 atom stereocenters. The van der Waals surface area contributed by atoms with E-state index in [4.69, 9.17) is 90.0 Å². The first kappa shape index (κ1) is 98.3. The van der Waals surface area contributed by atoms with Crippen LogP contribution in [0.5, 0.6) is 0 Å². The van der Waals surface area contributed by atoms with Crippen LogP contribution in [0.15, 0.2) is 0 Å². The zero-order valence-electron chi connectivity index (χ0n) is 64.7. The van der Waals surface area contributed by atoms with Gasteiger partial charge < -0.3 is 244 Å². The van der Waals surface area contributed by atoms with Crippen molar-refractivity contribution in [2.24, 2.45) is 0 Å². The SMILES string of the molecule is CC(=O)N[C@@H]1[C@@H](O[C@@H]2O[C@@H](C)[C@@H](O)[C@@H](O)[C@@H]2O)[C@H](O[C@@H]2O[C@H](CO)[C@@H](O[C@@H]3O[C@H](CO[C@H]4O[C@H](CO)[C@@H](O[C@@H]5O[C@H](CO)[C@@H](O)[C@H](O[C@@H]6O[C@H](CO)[C@H](O)[C@H](O)[C@H]6O)[C@H]5NC(C)=O)[C@H](O)[C@@H]4O)[C@@H](O)[C@H](O[C@H]4O[C@H](CO)[C@@H](O[C@@H]5O[C@H](CO)[C@@H](O)[C@H](O)[C@H]5NC(C)=O)[C@H](O)[C@@H]4O)[C@@H]3O[C@@H]3OC[C@@H](O)[C@H](O)[C@H]3O)[C@H](O)[C@H]2NC(C)=O)[C@@H](CO)O[C@H]1O. The lowest BCUT2D eigenvalue weighted by Crippen LogP contribution is -2.71. The smallest absolute Gasteiger partial charge is 0.217 e. The van der Waals surface area contributed by atoms with Gasteiger partial charge in [0.15, 0.2) is 62.9 Å². The first-order chi connectivity index (χ1) is 56.8. The minimum absolute atomic E-state index is 0.838. The number of aliphatic hydroxyl groups excluding tert-OH is 26. The van der Waals surface area contributed by atoms with Crippen molar-refractivity contribution in [3.05, 3.63) is 0 Å². The molecule has 10 aliphatic rings. The average molecular weight is 1760 g/mol. The zero-order valence-corrected chi connectivity index (χ0v) is 64.7. The molecule has 694 valence electrons. The molecule has 10 heterocycles. The van der Waals surface area contributed by atoms with Gasteiger partial charge >= 0.3 is 0 Å². The number of carbonyl (C=O) groups is 4. The molecule has 10 fully saturated rings. The quantitative estimate of drug-likeness (QED) is 0.0318. The summed E-state index contributed by atoms with van der Waals surface area (Å²) in [5.41, 5.74) is 0. The Kier molecular flexibility index (Phi) is 35.0. The van der Waals surface area contributed by atoms with Crippen molar-refractivity contribution in [2.75, 3.05) is 59.5 Å². The Morgan fingerprint density at radius 1 is 0.267 bits per heavy atom. The molecule has 0 aromatic heterocycles. The van der Waals surface area contributed by atoms with Gasteiger partial charge in [0.05, 0.1) is 65.6 Å². The summed E-state index contributed by atoms with van der Waals surface area (Å²) in [5, 5.41) is 300. The van der Waals surface area contributed by atoms with E-state index < -0.39 is 384 Å². The highest BCUT2D eigenvalue weighted by atomic mass is 16.8. The first-order valence-electron chi connectivity index (χ1n) is 38.4. The number of carbonyl (C=O) groups excluding carboxylic acids is 4. The fourth-order valence-corrected chi connectivity index (χ4v) is 15.6. The summed E-state index contributed by atoms with van der Waals surface area (Å²) in [6, 6.07) is -7.37. The van der Waals surface area contributed by atoms with Crippen LogP contribution in [0.4, 0.5) is 0 Å². The number of aliphatic hydroxyl groups is 26. The van der Waals surface area contributed by atoms with Crippen LogP contribution in [-0.4, -0.2) is 517 Å². The van der Waals surface area contributed by atoms with Gasteiger partial charge in [0.1, 0.15) is 232 Å². The third-order valence-electron chi connectivity index (χ3n) is 22.0. The van der Waals surface area contributed by atoms with Gasteiger partial charge in [-0.05, 0) is 6.92 Å². The standard InChI is InChI=1S/C67H112N4O49/c1-15-33(84)41(92)46(97)64(104-15)118-55-31(70-18(4)81)58(101)105-27(12-78)53(55)116-60-30(69-17(3)80)40(91)50(24(9-75)109-60)115-67-57(120-63-45(96)34(85)20(83)13-102-63)56(119-66-49(100)44(95)52(26(11-77)111-66)113-59-29(68-16(2)79)39(90)35(86)21(6-72)106-59)38(89)28(112-67)14-103-62-48(99)43(94)51(25(10-76)110-62)114-61-32(71-19(5)82)54(37(88)23(8-74)107-61)117-65-47(98)42(93)36(87)22(7-73)108-65/h15,20-67,72-78,83-101H,6-14H2,1-5H3,(H,68,79)(H,69,80)(H,70,81)(H,71,82)/t15-,20+,21+,22+,23+,24+,25+,26+,27+,28+,29+,30+,31+,32+,33+,34-,35+,36-,37+,38+,39+,40+,41+,42-,43+,44+,45+,46-,47+,48-,49-,50+,51+,52+,53+,54+,55+,56-,57-,58+,59-,60-,61-,62-,63-,64-,65-,66+,67-/m0/s1. The van der Waals surface area contributed by atoms with Crippen LogP contribution in [-0.2, 0) is 109 Å². The number of ether oxygens (including phenoxy) is 19. The van der Waals surface area contributed by atoms with Crippen LogP contribution in [0.25, 0.3) is 0 Å². The molecule has 0 unspecified atom stereocenters. The molecule has 0 radical (unpaired) electrons. The van der Waals surface area contributed by atoms with E-state index in [1.54, 1.807) is 0 Å². The van der Waals surface area contributed by atoms with Gasteiger partial charge in [-0.15, -0.1) is 0 Å². The normalized spacial score (nSPS) is 49.7. The predicted octanol–water partition coefficient (Wildman–Crippen LogP) is -20.6. The molecule has 120 heavy (non-hydrogen) atoms. The van der Waals surface area contributed by atoms with Gasteiger partial charge in [-0.3, -0.25) is 19.2 Å². The van der Waals surface area contributed by atoms with Crippen molar-refractivity contribution < 1.29 is 242 Å². The average Bonchev–Trinajstić information content (AvgIpc) is 0.763. The molecule has 30 N–H and O–H groups in total. The second-order valence-electron chi connectivity index (χ2n) is 30.5. The van der Waals surface area contributed by atoms with Gasteiger partial charge in [-0.1, -0.05) is 0 Å². The minimum Gasteiger partial charge on any atom is -0.394 e. The van der Waals surface area contributed by atoms with Crippen LogP contribution >= 0.6 is 0 Å². The van der Waals surface area contributed by atoms with Gasteiger partial charge in [0, 0.05) is 27.7 Å². The largest absolute Gasteiger partial charge is 0.394 e. The van der Waals surface area contributed by atoms with Crippen molar-refractivity contribution in [2.45, 2.75) is 335 Å². The lowest BCUT2D eigenvalue weighted by atomic mass is 9.93. The Morgan fingerprint density at radius 3 is 1.12 bits per heavy atom. The summed E-state index contributed by atoms with van der Waals surface area (Å²) in [6.07, 6.45) is -93.3. The van der Waals surface area contributed by atoms with E-state index in [1.807, 2.05) is 0 Å². The van der Waals surface area contributed by atoms with E-state index in [0.717, 1.165) is 27.7 Å². The van der Waals surface area contributed by atoms with Crippen LogP contribution in [0.1, 0.15) is 34.6 Å². The maximum atomic E-state index is 13.4. The highest BCUT2D eigenvalue weighted by Crippen LogP contribution is 2.41. The molecular weight excluding hydrogens is 1640 g/mol. The molecular formula is C67H112N4O49. The van der Waals surface area contributed by atoms with Gasteiger partial charge in [-0.25, -0.2) is 0 Å². The molecule has 53 heteroatoms. The van der Waals surface area contributed by atoms with Crippen molar-refractivity contribution in [3.8, 4) is 0 Å². The number of hydrogen-bond acceptors (Lipinski definition) is 49. The molecule has 0 saturated carbocycles. The minimum atomic E-state index is -2.51. The van der Waals surface area contributed by atoms with E-state index in [9.17, 15) is 152 Å². The second-order valence-corrected chi connectivity index (χ2v) is 30.5. The third-order valence-corrected chi connectivity index (χ3v) is 22.0. The second kappa shape index (κ2) is 42.8. The van der Waals surface area contributed by atoms with Crippen molar-refractivity contribution in [1.29, 1.82) is 0 Å². The Hall–Kier alpha value is -3.92. The van der Waals surface area contributed by atoms with Crippen LogP contribution < -0.4 is 21.3 Å². The molecule has 0 bridgehead atoms. The molecule has 0 aromatic rings. The lowest BCUT2D eigenvalue weighted by Gasteiger charge is -2.52. The van der Waals surface area contributed by atoms with Gasteiger partial charge in [0.2, 0.25) is 23.6 Å². The Balaban J connectivity index is 0.992. The highest BCUT2D eigenvalue weighted by molar-refractivity contribution is 5.74. The highest BCUT2D eigenvalue weighted by Gasteiger charge is 2.62. The van der Waals surface area contributed by atoms with E-state index in [-0.39, 0.29) is 0 Å². The van der Waals surface area contributed by atoms with E-state index in [0.29, 0.717) is 0 Å². The van der Waals surface area contributed by atoms with Gasteiger partial charge in [-0.2, -0.15) is 0 Å². The maximum Gasteiger partial charge on any atom is 0.217 e. The summed E-state index contributed by atoms with van der Waals surface area (Å²) in [7, 11) is 0. The Labute approximate surface area is 679 Å². The first-order valence-corrected chi connectivity index (χ1v) is 38.4. The van der Waals surface area contributed by atoms with Crippen molar-refractivity contribution >= 4 is 23.6 Å². The Bertz CT molecular complexity index is 3230. The molecule has 4 amide bonds. The molecule has 0 aliphatic carbocycles. The Morgan fingerprint density at radius 2 is 0.600 bits per heavy atom. The van der Waals surface area contributed by atoms with E-state index in [2.05, 4.69) is 21.3 Å². The lowest BCUT2D eigenvalue weighted by molar-refractivity contribution is -0.408. The van der Waals surface area contributed by atoms with Crippen LogP contribution in [0.2, 0.25) is 0 Å². The summed E-state index contributed by atoms with van der Waals surface area (Å²) < 4.78 is 114. The maximum absolute atomic E-state index is 13.4. The zero-order chi connectivity index (χ0) is 88.2. The molecule has 0 aromatic carbocycles. The fourth-order valence-electron chi connectivity index (χ4n) is 15.6. The number of nitrogens with one attached hydrogen (secondary N) is 4. The fraction of sp³-hybridized carbons (Fsp3) is 0.940. The number of rotatable bonds is 30. The number of hydrogen-bond donors (Lipinski definition) is 30. The summed E-state index contributed by atoms with van der Waals surface area (Å²) in [6.45, 7) is -4.73. The molecule has 10 aliphatic heterocycles. The van der Waals surface area contributed by atoms with E-state index >= 15 is 0 Å².